The molecule has 21 heavy (non-hydrogen) atoms. The Hall–Kier alpha value is -1.91. The molecule has 1 aliphatic rings. The van der Waals surface area contributed by atoms with Gasteiger partial charge in [-0.15, -0.1) is 0 Å². The highest BCUT2D eigenvalue weighted by Crippen LogP contribution is 2.35. The quantitative estimate of drug-likeness (QED) is 0.833. The lowest BCUT2D eigenvalue weighted by atomic mass is 9.96. The fraction of sp³-hybridized carbons (Fsp3) is 0.562. The second kappa shape index (κ2) is 6.70. The summed E-state index contributed by atoms with van der Waals surface area (Å²) in [5, 5.41) is 2.74. The lowest BCUT2D eigenvalue weighted by Crippen LogP contribution is -2.42. The molecule has 3 N–H and O–H groups in total. The molecule has 116 valence electrons. The van der Waals surface area contributed by atoms with Crippen molar-refractivity contribution in [2.45, 2.75) is 32.8 Å². The van der Waals surface area contributed by atoms with E-state index in [0.29, 0.717) is 18.0 Å². The van der Waals surface area contributed by atoms with E-state index < -0.39 is 0 Å². The van der Waals surface area contributed by atoms with Crippen molar-refractivity contribution in [2.24, 2.45) is 5.92 Å². The van der Waals surface area contributed by atoms with E-state index in [2.05, 4.69) is 10.2 Å². The number of nitrogens with one attached hydrogen (secondary N) is 1. The number of carbonyl (C=O) groups excluding carboxylic acids is 1. The van der Waals surface area contributed by atoms with E-state index in [0.717, 1.165) is 25.1 Å². The van der Waals surface area contributed by atoms with Crippen LogP contribution >= 0.6 is 0 Å². The molecule has 5 nitrogen and oxygen atoms in total. The van der Waals surface area contributed by atoms with Crippen molar-refractivity contribution in [1.82, 2.24) is 5.32 Å². The van der Waals surface area contributed by atoms with Gasteiger partial charge >= 0.3 is 0 Å². The zero-order valence-electron chi connectivity index (χ0n) is 13.1. The van der Waals surface area contributed by atoms with E-state index in [1.807, 2.05) is 32.0 Å². The molecule has 2 rings (SSSR count). The smallest absolute Gasteiger partial charge is 0.224 e. The second-order valence-electron chi connectivity index (χ2n) is 5.75. The Labute approximate surface area is 126 Å². The number of piperidine rings is 1. The summed E-state index contributed by atoms with van der Waals surface area (Å²) in [7, 11) is 1.69. The van der Waals surface area contributed by atoms with Gasteiger partial charge in [-0.3, -0.25) is 4.79 Å². The molecule has 0 bridgehead atoms. The van der Waals surface area contributed by atoms with Gasteiger partial charge in [0, 0.05) is 20.1 Å². The van der Waals surface area contributed by atoms with Crippen molar-refractivity contribution in [3.05, 3.63) is 18.2 Å². The van der Waals surface area contributed by atoms with Crippen molar-refractivity contribution in [3.63, 3.8) is 0 Å². The Kier molecular flexibility index (Phi) is 4.94. The molecule has 0 radical (unpaired) electrons. The van der Waals surface area contributed by atoms with E-state index >= 15 is 0 Å². The maximum atomic E-state index is 11.8. The number of amides is 1. The van der Waals surface area contributed by atoms with Crippen molar-refractivity contribution < 1.29 is 9.53 Å². The average molecular weight is 291 g/mol. The summed E-state index contributed by atoms with van der Waals surface area (Å²) >= 11 is 0. The van der Waals surface area contributed by atoms with Crippen LogP contribution in [0.5, 0.6) is 5.75 Å². The molecule has 0 spiro atoms. The molecule has 0 aromatic heterocycles. The second-order valence-corrected chi connectivity index (χ2v) is 5.75. The first-order valence-corrected chi connectivity index (χ1v) is 7.54. The zero-order valence-corrected chi connectivity index (χ0v) is 13.1. The number of nitrogens with two attached hydrogens (primary N) is 1. The Morgan fingerprint density at radius 3 is 2.90 bits per heavy atom. The maximum Gasteiger partial charge on any atom is 0.224 e. The molecule has 1 fully saturated rings. The number of para-hydroxylation sites is 1. The normalized spacial score (nSPS) is 18.7. The highest BCUT2D eigenvalue weighted by atomic mass is 16.5. The molecule has 1 aromatic rings. The Morgan fingerprint density at radius 1 is 1.48 bits per heavy atom. The van der Waals surface area contributed by atoms with Crippen LogP contribution in [0, 0.1) is 5.92 Å². The van der Waals surface area contributed by atoms with Gasteiger partial charge in [0.25, 0.3) is 0 Å². The minimum Gasteiger partial charge on any atom is -0.489 e. The lowest BCUT2D eigenvalue weighted by molar-refractivity contribution is -0.124. The van der Waals surface area contributed by atoms with Gasteiger partial charge in [-0.25, -0.2) is 0 Å². The molecular formula is C16H25N3O2. The number of benzene rings is 1. The van der Waals surface area contributed by atoms with Crippen LogP contribution in [-0.4, -0.2) is 32.1 Å². The van der Waals surface area contributed by atoms with Crippen LogP contribution in [0.1, 0.15) is 26.7 Å². The number of rotatable bonds is 4. The van der Waals surface area contributed by atoms with Crippen molar-refractivity contribution >= 4 is 17.3 Å². The predicted molar refractivity (Wildman–Crippen MR) is 85.6 cm³/mol. The number of hydrogen-bond donors (Lipinski definition) is 2. The van der Waals surface area contributed by atoms with Crippen LogP contribution in [0.3, 0.4) is 0 Å². The summed E-state index contributed by atoms with van der Waals surface area (Å²) in [4.78, 5) is 14.0. The maximum absolute atomic E-state index is 11.8. The number of carbonyl (C=O) groups is 1. The Balaban J connectivity index is 2.19. The summed E-state index contributed by atoms with van der Waals surface area (Å²) in [6, 6.07) is 5.83. The molecule has 1 unspecified atom stereocenters. The SMILES string of the molecule is CNC(=O)C1CCCN(c2cccc(OC(C)C)c2N)C1. The van der Waals surface area contributed by atoms with Crippen molar-refractivity contribution in [1.29, 1.82) is 0 Å². The molecule has 1 saturated heterocycles. The number of nitrogen functional groups attached to an aromatic ring is 1. The van der Waals surface area contributed by atoms with Gasteiger partial charge in [-0.2, -0.15) is 0 Å². The van der Waals surface area contributed by atoms with Crippen LogP contribution in [0.4, 0.5) is 11.4 Å². The number of ether oxygens (including phenoxy) is 1. The van der Waals surface area contributed by atoms with Gasteiger partial charge in [-0.1, -0.05) is 6.07 Å². The van der Waals surface area contributed by atoms with Gasteiger partial charge < -0.3 is 20.7 Å². The molecule has 0 aliphatic carbocycles. The van der Waals surface area contributed by atoms with Gasteiger partial charge in [0.1, 0.15) is 5.75 Å². The fourth-order valence-electron chi connectivity index (χ4n) is 2.78. The topological polar surface area (TPSA) is 67.6 Å². The summed E-state index contributed by atoms with van der Waals surface area (Å²) in [6.07, 6.45) is 2.01. The molecule has 0 saturated carbocycles. The van der Waals surface area contributed by atoms with E-state index in [9.17, 15) is 4.79 Å². The van der Waals surface area contributed by atoms with E-state index in [4.69, 9.17) is 10.5 Å². The predicted octanol–water partition coefficient (Wildman–Crippen LogP) is 2.02. The summed E-state index contributed by atoms with van der Waals surface area (Å²) in [6.45, 7) is 5.58. The van der Waals surface area contributed by atoms with E-state index in [1.54, 1.807) is 7.05 Å². The van der Waals surface area contributed by atoms with Crippen LogP contribution in [0.25, 0.3) is 0 Å². The molecule has 1 amide bonds. The lowest BCUT2D eigenvalue weighted by Gasteiger charge is -2.34. The molecule has 1 atom stereocenters. The molecule has 1 heterocycles. The number of nitrogens with zero attached hydrogens (tertiary/aromatic N) is 1. The minimum atomic E-state index is 0.0258. The third-order valence-corrected chi connectivity index (χ3v) is 3.79. The third-order valence-electron chi connectivity index (χ3n) is 3.79. The van der Waals surface area contributed by atoms with Crippen LogP contribution in [-0.2, 0) is 4.79 Å². The molecular weight excluding hydrogens is 266 g/mol. The Bertz CT molecular complexity index is 502. The first-order chi connectivity index (χ1) is 10.0. The van der Waals surface area contributed by atoms with Crippen molar-refractivity contribution in [3.8, 4) is 5.75 Å². The van der Waals surface area contributed by atoms with Crippen LogP contribution < -0.4 is 20.7 Å². The third kappa shape index (κ3) is 3.60. The molecule has 1 aromatic carbocycles. The summed E-state index contributed by atoms with van der Waals surface area (Å²) < 4.78 is 5.74. The fourth-order valence-corrected chi connectivity index (χ4v) is 2.78. The monoisotopic (exact) mass is 291 g/mol. The van der Waals surface area contributed by atoms with Gasteiger partial charge in [-0.05, 0) is 38.8 Å². The van der Waals surface area contributed by atoms with E-state index in [1.165, 1.54) is 0 Å². The minimum absolute atomic E-state index is 0.0258. The standard InChI is InChI=1S/C16H25N3O2/c1-11(2)21-14-8-4-7-13(15(14)17)19-9-5-6-12(10-19)16(20)18-3/h4,7-8,11-12H,5-6,9-10,17H2,1-3H3,(H,18,20). The molecule has 1 aliphatic heterocycles. The first-order valence-electron chi connectivity index (χ1n) is 7.54. The highest BCUT2D eigenvalue weighted by molar-refractivity contribution is 5.80. The van der Waals surface area contributed by atoms with Crippen LogP contribution in [0.2, 0.25) is 0 Å². The summed E-state index contributed by atoms with van der Waals surface area (Å²) in [5.74, 6) is 0.843. The molecule has 5 heteroatoms. The van der Waals surface area contributed by atoms with Crippen LogP contribution in [0.15, 0.2) is 18.2 Å². The van der Waals surface area contributed by atoms with E-state index in [-0.39, 0.29) is 17.9 Å². The number of anilines is 2. The summed E-state index contributed by atoms with van der Waals surface area (Å²) in [5.41, 5.74) is 7.87. The van der Waals surface area contributed by atoms with Gasteiger partial charge in [0.15, 0.2) is 0 Å². The zero-order chi connectivity index (χ0) is 15.4. The van der Waals surface area contributed by atoms with Crippen molar-refractivity contribution in [2.75, 3.05) is 30.8 Å². The first kappa shape index (κ1) is 15.5. The van der Waals surface area contributed by atoms with Gasteiger partial charge in [0.2, 0.25) is 5.91 Å². The largest absolute Gasteiger partial charge is 0.489 e. The Morgan fingerprint density at radius 2 is 2.24 bits per heavy atom. The highest BCUT2D eigenvalue weighted by Gasteiger charge is 2.26. The number of hydrogen-bond acceptors (Lipinski definition) is 4. The van der Waals surface area contributed by atoms with Gasteiger partial charge in [0.05, 0.1) is 23.4 Å². The average Bonchev–Trinajstić information content (AvgIpc) is 2.48.